The minimum atomic E-state index is 0.346. The maximum Gasteiger partial charge on any atom is 0.195 e. The van der Waals surface area contributed by atoms with Gasteiger partial charge in [-0.15, -0.1) is 0 Å². The van der Waals surface area contributed by atoms with Crippen molar-refractivity contribution in [1.29, 1.82) is 0 Å². The molecule has 0 saturated heterocycles. The van der Waals surface area contributed by atoms with E-state index in [4.69, 9.17) is 13.1 Å². The minimum absolute atomic E-state index is 0.346. The highest BCUT2D eigenvalue weighted by molar-refractivity contribution is 6.30. The fraction of sp³-hybridized carbons (Fsp3) is 0. The van der Waals surface area contributed by atoms with E-state index < -0.39 is 0 Å². The van der Waals surface area contributed by atoms with Crippen LogP contribution in [0.5, 0.6) is 0 Å². The number of nitrogens with zero attached hydrogens (tertiary/aromatic N) is 4. The molecule has 0 atom stereocenters. The predicted molar refractivity (Wildman–Crippen MR) is 105 cm³/mol. The lowest BCUT2D eigenvalue weighted by Crippen LogP contribution is -1.89. The topological polar surface area (TPSA) is 34.5 Å². The fourth-order valence-corrected chi connectivity index (χ4v) is 3.65. The monoisotopic (exact) mass is 330 g/mol. The van der Waals surface area contributed by atoms with E-state index in [0.29, 0.717) is 11.4 Å². The molecule has 0 aliphatic carbocycles. The van der Waals surface area contributed by atoms with Crippen LogP contribution in [0.2, 0.25) is 0 Å². The lowest BCUT2D eigenvalue weighted by molar-refractivity contribution is 1.31. The number of fused-ring (bicyclic) bond motifs is 8. The van der Waals surface area contributed by atoms with Crippen LogP contribution in [0.3, 0.4) is 0 Å². The molecule has 0 unspecified atom stereocenters. The van der Waals surface area contributed by atoms with Gasteiger partial charge in [0.05, 0.1) is 24.2 Å². The molecule has 0 spiro atoms. The molecular formula is C22H10N4. The highest BCUT2D eigenvalue weighted by Crippen LogP contribution is 2.42. The first-order chi connectivity index (χ1) is 12.8. The molecule has 4 nitrogen and oxygen atoms in total. The smallest absolute Gasteiger partial charge is 0.195 e. The third-order valence-corrected chi connectivity index (χ3v) is 4.76. The van der Waals surface area contributed by atoms with Crippen LogP contribution in [0.1, 0.15) is 0 Å². The average Bonchev–Trinajstić information content (AvgIpc) is 2.72. The molecule has 118 valence electrons. The van der Waals surface area contributed by atoms with Crippen LogP contribution in [0, 0.1) is 13.1 Å². The van der Waals surface area contributed by atoms with Gasteiger partial charge in [-0.3, -0.25) is 19.7 Å². The van der Waals surface area contributed by atoms with Gasteiger partial charge in [-0.2, -0.15) is 0 Å². The summed E-state index contributed by atoms with van der Waals surface area (Å²) < 4.78 is 0. The summed E-state index contributed by atoms with van der Waals surface area (Å²) in [5.74, 6) is 0. The van der Waals surface area contributed by atoms with Crippen molar-refractivity contribution in [3.8, 4) is 0 Å². The van der Waals surface area contributed by atoms with Crippen molar-refractivity contribution in [1.82, 2.24) is 9.97 Å². The molecule has 26 heavy (non-hydrogen) atoms. The van der Waals surface area contributed by atoms with Gasteiger partial charge in [0, 0.05) is 17.8 Å². The second-order valence-corrected chi connectivity index (χ2v) is 6.07. The van der Waals surface area contributed by atoms with Crippen molar-refractivity contribution >= 4 is 54.7 Å². The predicted octanol–water partition coefficient (Wildman–Crippen LogP) is 6.19. The molecule has 0 bridgehead atoms. The molecule has 0 amide bonds. The lowest BCUT2D eigenvalue weighted by atomic mass is 9.94. The van der Waals surface area contributed by atoms with Crippen LogP contribution in [0.15, 0.2) is 60.9 Å². The Labute approximate surface area is 149 Å². The molecule has 0 fully saturated rings. The molecule has 4 aromatic carbocycles. The van der Waals surface area contributed by atoms with Crippen LogP contribution >= 0.6 is 0 Å². The molecule has 1 heterocycles. The van der Waals surface area contributed by atoms with E-state index in [2.05, 4.69) is 43.9 Å². The number of hydrogen-bond acceptors (Lipinski definition) is 2. The lowest BCUT2D eigenvalue weighted by Gasteiger charge is -2.12. The Morgan fingerprint density at radius 1 is 0.654 bits per heavy atom. The third kappa shape index (κ3) is 1.81. The number of hydrogen-bond donors (Lipinski definition) is 0. The second kappa shape index (κ2) is 5.24. The maximum absolute atomic E-state index is 7.45. The quantitative estimate of drug-likeness (QED) is 0.250. The Kier molecular flexibility index (Phi) is 2.89. The standard InChI is InChI=1S/C22H10N4/c1-23-18-11-16-17(12-19(18)24-2)22-21(25-9-10-26-22)15-8-7-13-5-3-4-6-14(13)20(15)16/h3-12H. The van der Waals surface area contributed by atoms with E-state index in [1.165, 1.54) is 0 Å². The van der Waals surface area contributed by atoms with E-state index in [0.717, 1.165) is 43.4 Å². The molecular weight excluding hydrogens is 320 g/mol. The summed E-state index contributed by atoms with van der Waals surface area (Å²) in [7, 11) is 0. The van der Waals surface area contributed by atoms with Crippen LogP contribution in [-0.2, 0) is 0 Å². The molecule has 1 aromatic heterocycles. The summed E-state index contributed by atoms with van der Waals surface area (Å²) in [4.78, 5) is 16.2. The summed E-state index contributed by atoms with van der Waals surface area (Å²) in [5.41, 5.74) is 2.28. The Morgan fingerprint density at radius 2 is 1.31 bits per heavy atom. The molecule has 5 aromatic rings. The first-order valence-corrected chi connectivity index (χ1v) is 8.08. The zero-order valence-corrected chi connectivity index (χ0v) is 13.6. The minimum Gasteiger partial charge on any atom is -0.252 e. The Bertz CT molecular complexity index is 1450. The first-order valence-electron chi connectivity index (χ1n) is 8.08. The zero-order chi connectivity index (χ0) is 17.7. The van der Waals surface area contributed by atoms with Gasteiger partial charge in [0.25, 0.3) is 0 Å². The first kappa shape index (κ1) is 14.3. The third-order valence-electron chi connectivity index (χ3n) is 4.76. The van der Waals surface area contributed by atoms with E-state index in [9.17, 15) is 0 Å². The van der Waals surface area contributed by atoms with Crippen LogP contribution in [0.25, 0.3) is 53.0 Å². The van der Waals surface area contributed by atoms with Crippen molar-refractivity contribution in [2.45, 2.75) is 0 Å². The SMILES string of the molecule is [C-]#[N+]c1cc2c(cc1[N+]#[C-])c1c3ccccc3ccc1c1nccnc21. The van der Waals surface area contributed by atoms with E-state index in [1.807, 2.05) is 18.2 Å². The molecule has 0 saturated carbocycles. The summed E-state index contributed by atoms with van der Waals surface area (Å²) in [5, 5.41) is 6.08. The molecule has 5 rings (SSSR count). The highest BCUT2D eigenvalue weighted by atomic mass is 14.8. The molecule has 0 radical (unpaired) electrons. The van der Waals surface area contributed by atoms with Crippen molar-refractivity contribution in [2.24, 2.45) is 0 Å². The van der Waals surface area contributed by atoms with Crippen molar-refractivity contribution in [3.63, 3.8) is 0 Å². The largest absolute Gasteiger partial charge is 0.252 e. The molecule has 0 N–H and O–H groups in total. The van der Waals surface area contributed by atoms with Gasteiger partial charge in [-0.25, -0.2) is 0 Å². The molecule has 0 aliphatic rings. The normalized spacial score (nSPS) is 11.0. The maximum atomic E-state index is 7.45. The van der Waals surface area contributed by atoms with Gasteiger partial charge in [-0.05, 0) is 26.9 Å². The summed E-state index contributed by atoms with van der Waals surface area (Å²) in [6, 6.07) is 15.9. The number of benzene rings is 4. The van der Waals surface area contributed by atoms with Crippen molar-refractivity contribution in [2.75, 3.05) is 0 Å². The van der Waals surface area contributed by atoms with Gasteiger partial charge in [0.2, 0.25) is 0 Å². The van der Waals surface area contributed by atoms with Gasteiger partial charge in [0.1, 0.15) is 0 Å². The van der Waals surface area contributed by atoms with Gasteiger partial charge in [0.15, 0.2) is 11.4 Å². The van der Waals surface area contributed by atoms with Crippen molar-refractivity contribution < 1.29 is 0 Å². The van der Waals surface area contributed by atoms with Crippen LogP contribution < -0.4 is 0 Å². The van der Waals surface area contributed by atoms with E-state index in [1.54, 1.807) is 18.5 Å². The van der Waals surface area contributed by atoms with Gasteiger partial charge < -0.3 is 0 Å². The second-order valence-electron chi connectivity index (χ2n) is 6.07. The average molecular weight is 330 g/mol. The highest BCUT2D eigenvalue weighted by Gasteiger charge is 2.15. The fourth-order valence-electron chi connectivity index (χ4n) is 3.65. The summed E-state index contributed by atoms with van der Waals surface area (Å²) >= 11 is 0. The number of aromatic nitrogens is 2. The van der Waals surface area contributed by atoms with E-state index >= 15 is 0 Å². The Morgan fingerprint density at radius 3 is 2.04 bits per heavy atom. The summed E-state index contributed by atoms with van der Waals surface area (Å²) in [6.07, 6.45) is 3.35. The molecule has 0 aliphatic heterocycles. The van der Waals surface area contributed by atoms with E-state index in [-0.39, 0.29) is 0 Å². The number of rotatable bonds is 0. The summed E-state index contributed by atoms with van der Waals surface area (Å²) in [6.45, 7) is 14.9. The molecule has 4 heteroatoms. The van der Waals surface area contributed by atoms with Crippen LogP contribution in [0.4, 0.5) is 11.4 Å². The van der Waals surface area contributed by atoms with Gasteiger partial charge >= 0.3 is 0 Å². The van der Waals surface area contributed by atoms with Gasteiger partial charge in [-0.1, -0.05) is 48.5 Å². The van der Waals surface area contributed by atoms with Crippen molar-refractivity contribution in [3.05, 3.63) is 83.8 Å². The Hall–Kier alpha value is -4.02. The Balaban J connectivity index is 2.20. The van der Waals surface area contributed by atoms with Crippen LogP contribution in [-0.4, -0.2) is 9.97 Å². The zero-order valence-electron chi connectivity index (χ0n) is 13.6.